The van der Waals surface area contributed by atoms with E-state index in [1.165, 1.54) is 30.6 Å². The van der Waals surface area contributed by atoms with Gasteiger partial charge in [-0.25, -0.2) is 5.01 Å². The molecular weight excluding hydrogens is 346 g/mol. The summed E-state index contributed by atoms with van der Waals surface area (Å²) in [7, 11) is 0. The molecule has 0 bridgehead atoms. The van der Waals surface area contributed by atoms with E-state index in [4.69, 9.17) is 0 Å². The number of nitrogens with one attached hydrogen (secondary N) is 1. The fraction of sp³-hybridized carbons (Fsp3) is 0.150. The Morgan fingerprint density at radius 3 is 2.12 bits per heavy atom. The fourth-order valence-corrected chi connectivity index (χ4v) is 4.48. The molecule has 1 atom stereocenters. The van der Waals surface area contributed by atoms with E-state index >= 15 is 0 Å². The Kier molecular flexibility index (Phi) is 4.12. The maximum absolute atomic E-state index is 12.2. The van der Waals surface area contributed by atoms with Gasteiger partial charge in [-0.3, -0.25) is 9.59 Å². The van der Waals surface area contributed by atoms with Gasteiger partial charge in [0, 0.05) is 19.4 Å². The summed E-state index contributed by atoms with van der Waals surface area (Å²) in [5.74, 6) is -0.372. The lowest BCUT2D eigenvalue weighted by atomic mass is 9.96. The molecule has 0 fully saturated rings. The minimum absolute atomic E-state index is 0.167. The van der Waals surface area contributed by atoms with Gasteiger partial charge < -0.3 is 5.32 Å². The van der Waals surface area contributed by atoms with Crippen LogP contribution in [0, 0.1) is 0 Å². The minimum Gasteiger partial charge on any atom is -0.304 e. The number of fused-ring (bicyclic) bond motifs is 2. The van der Waals surface area contributed by atoms with Crippen molar-refractivity contribution in [1.82, 2.24) is 10.3 Å². The largest absolute Gasteiger partial charge is 0.304 e. The molecule has 130 valence electrons. The van der Waals surface area contributed by atoms with Crippen molar-refractivity contribution in [2.75, 3.05) is 0 Å². The van der Waals surface area contributed by atoms with Crippen LogP contribution in [-0.2, 0) is 9.59 Å². The van der Waals surface area contributed by atoms with Crippen LogP contribution in [0.15, 0.2) is 59.7 Å². The summed E-state index contributed by atoms with van der Waals surface area (Å²) >= 11 is 1.38. The Hall–Kier alpha value is -2.86. The van der Waals surface area contributed by atoms with E-state index in [1.807, 2.05) is 24.3 Å². The van der Waals surface area contributed by atoms with Gasteiger partial charge in [0.1, 0.15) is 5.37 Å². The first-order chi connectivity index (χ1) is 12.5. The maximum Gasteiger partial charge on any atom is 0.241 e. The van der Waals surface area contributed by atoms with Crippen molar-refractivity contribution in [1.29, 1.82) is 0 Å². The predicted octanol–water partition coefficient (Wildman–Crippen LogP) is 3.99. The predicted molar refractivity (Wildman–Crippen MR) is 106 cm³/mol. The Morgan fingerprint density at radius 2 is 1.58 bits per heavy atom. The van der Waals surface area contributed by atoms with Crippen molar-refractivity contribution >= 4 is 50.3 Å². The number of benzene rings is 3. The van der Waals surface area contributed by atoms with Gasteiger partial charge in [-0.15, -0.1) is 5.10 Å². The molecule has 1 heterocycles. The van der Waals surface area contributed by atoms with Gasteiger partial charge in [-0.2, -0.15) is 0 Å². The van der Waals surface area contributed by atoms with E-state index in [2.05, 4.69) is 40.8 Å². The van der Waals surface area contributed by atoms with Gasteiger partial charge in [0.2, 0.25) is 11.8 Å². The van der Waals surface area contributed by atoms with Crippen LogP contribution in [0.3, 0.4) is 0 Å². The monoisotopic (exact) mass is 363 g/mol. The van der Waals surface area contributed by atoms with Crippen LogP contribution in [0.4, 0.5) is 0 Å². The van der Waals surface area contributed by atoms with Gasteiger partial charge >= 0.3 is 0 Å². The molecule has 0 aromatic heterocycles. The molecule has 0 radical (unpaired) electrons. The van der Waals surface area contributed by atoms with Crippen LogP contribution in [0.2, 0.25) is 0 Å². The molecule has 0 unspecified atom stereocenters. The molecule has 3 aromatic rings. The van der Waals surface area contributed by atoms with E-state index in [1.54, 1.807) is 0 Å². The summed E-state index contributed by atoms with van der Waals surface area (Å²) in [5, 5.41) is 13.0. The van der Waals surface area contributed by atoms with Crippen LogP contribution in [0.1, 0.15) is 24.8 Å². The van der Waals surface area contributed by atoms with Crippen LogP contribution in [0.5, 0.6) is 0 Å². The molecule has 3 aromatic carbocycles. The molecule has 0 spiro atoms. The lowest BCUT2D eigenvalue weighted by Gasteiger charge is -2.22. The lowest BCUT2D eigenvalue weighted by Crippen LogP contribution is -2.25. The molecule has 0 aliphatic carbocycles. The number of amides is 2. The molecule has 0 saturated carbocycles. The standard InChI is InChI=1S/C20H17N3O2S/c1-12(24)21-20-22-23(13(2)25)19(26-20)18-16-9-5-3-7-14(16)11-15-8-4-6-10-17(15)18/h3-11,19H,1-2H3,(H,21,22,24)/t19-/m1/s1. The van der Waals surface area contributed by atoms with Gasteiger partial charge in [-0.05, 0) is 27.6 Å². The van der Waals surface area contributed by atoms with Gasteiger partial charge in [0.05, 0.1) is 0 Å². The maximum atomic E-state index is 12.2. The number of hydrogen-bond donors (Lipinski definition) is 1. The van der Waals surface area contributed by atoms with E-state index in [-0.39, 0.29) is 17.2 Å². The number of hydrogen-bond acceptors (Lipinski definition) is 4. The number of nitrogens with zero attached hydrogens (tertiary/aromatic N) is 2. The van der Waals surface area contributed by atoms with Crippen molar-refractivity contribution in [3.63, 3.8) is 0 Å². The van der Waals surface area contributed by atoms with E-state index < -0.39 is 0 Å². The highest BCUT2D eigenvalue weighted by Gasteiger charge is 2.34. The smallest absolute Gasteiger partial charge is 0.241 e. The molecule has 1 N–H and O–H groups in total. The van der Waals surface area contributed by atoms with Gasteiger partial charge in [-0.1, -0.05) is 60.3 Å². The molecule has 6 heteroatoms. The zero-order chi connectivity index (χ0) is 18.3. The lowest BCUT2D eigenvalue weighted by molar-refractivity contribution is -0.129. The van der Waals surface area contributed by atoms with Crippen molar-refractivity contribution in [3.05, 3.63) is 60.2 Å². The first kappa shape index (κ1) is 16.6. The molecule has 0 saturated heterocycles. The van der Waals surface area contributed by atoms with Crippen LogP contribution >= 0.6 is 11.8 Å². The van der Waals surface area contributed by atoms with Crippen LogP contribution in [-0.4, -0.2) is 22.0 Å². The SMILES string of the molecule is CC(=O)NC1=NN(C(C)=O)[C@@H](c2c3ccccc3cc3ccccc23)S1. The fourth-order valence-electron chi connectivity index (χ4n) is 3.27. The Bertz CT molecular complexity index is 1020. The Balaban J connectivity index is 1.94. The Morgan fingerprint density at radius 1 is 1.00 bits per heavy atom. The minimum atomic E-state index is -0.328. The average Bonchev–Trinajstić information content (AvgIpc) is 3.02. The summed E-state index contributed by atoms with van der Waals surface area (Å²) in [4.78, 5) is 23.7. The average molecular weight is 363 g/mol. The molecular formula is C20H17N3O2S. The van der Waals surface area contributed by atoms with Gasteiger partial charge in [0.25, 0.3) is 0 Å². The Labute approximate surface area is 155 Å². The highest BCUT2D eigenvalue weighted by atomic mass is 32.2. The normalized spacial score (nSPS) is 16.8. The second-order valence-corrected chi connectivity index (χ2v) is 7.22. The van der Waals surface area contributed by atoms with Gasteiger partial charge in [0.15, 0.2) is 5.17 Å². The quantitative estimate of drug-likeness (QED) is 0.665. The van der Waals surface area contributed by atoms with Crippen molar-refractivity contribution in [2.45, 2.75) is 19.2 Å². The first-order valence-corrected chi connectivity index (χ1v) is 9.15. The number of hydrazone groups is 1. The topological polar surface area (TPSA) is 61.8 Å². The zero-order valence-corrected chi connectivity index (χ0v) is 15.2. The van der Waals surface area contributed by atoms with E-state index in [9.17, 15) is 9.59 Å². The molecule has 1 aliphatic heterocycles. The highest BCUT2D eigenvalue weighted by molar-refractivity contribution is 8.14. The number of rotatable bonds is 1. The van der Waals surface area contributed by atoms with Crippen LogP contribution < -0.4 is 5.32 Å². The van der Waals surface area contributed by atoms with Crippen molar-refractivity contribution in [2.24, 2.45) is 5.10 Å². The molecule has 5 nitrogen and oxygen atoms in total. The zero-order valence-electron chi connectivity index (χ0n) is 14.4. The number of thioether (sulfide) groups is 1. The highest BCUT2D eigenvalue weighted by Crippen LogP contribution is 2.44. The third-order valence-electron chi connectivity index (χ3n) is 4.31. The number of carbonyl (C=O) groups is 2. The molecule has 1 aliphatic rings. The molecule has 2 amide bonds. The third-order valence-corrected chi connectivity index (χ3v) is 5.38. The third kappa shape index (κ3) is 2.82. The summed E-state index contributed by atoms with van der Waals surface area (Å²) in [6.45, 7) is 2.92. The van der Waals surface area contributed by atoms with Crippen molar-refractivity contribution in [3.8, 4) is 0 Å². The van der Waals surface area contributed by atoms with E-state index in [0.29, 0.717) is 5.17 Å². The summed E-state index contributed by atoms with van der Waals surface area (Å²) in [6, 6.07) is 18.4. The summed E-state index contributed by atoms with van der Waals surface area (Å²) in [6.07, 6.45) is 0. The molecule has 4 rings (SSSR count). The van der Waals surface area contributed by atoms with E-state index in [0.717, 1.165) is 27.1 Å². The summed E-state index contributed by atoms with van der Waals surface area (Å²) in [5.41, 5.74) is 1.03. The second-order valence-electron chi connectivity index (χ2n) is 6.15. The van der Waals surface area contributed by atoms with Crippen molar-refractivity contribution < 1.29 is 9.59 Å². The number of carbonyl (C=O) groups excluding carboxylic acids is 2. The summed E-state index contributed by atoms with van der Waals surface area (Å²) < 4.78 is 0. The molecule has 26 heavy (non-hydrogen) atoms. The van der Waals surface area contributed by atoms with Crippen LogP contribution in [0.25, 0.3) is 21.5 Å². The number of amidine groups is 1. The first-order valence-electron chi connectivity index (χ1n) is 8.27. The second kappa shape index (κ2) is 6.46.